The SMILES string of the molecule is C/C=C\C=C(/CC)Cn1nc(-c2ccccc2)c2cnc(NC(N)=O)nc21. The number of allylic oxidation sites excluding steroid dienone is 4. The van der Waals surface area contributed by atoms with Gasteiger partial charge in [0.2, 0.25) is 5.95 Å². The van der Waals surface area contributed by atoms with Crippen LogP contribution < -0.4 is 11.1 Å². The van der Waals surface area contributed by atoms with Gasteiger partial charge in [-0.3, -0.25) is 5.32 Å². The lowest BCUT2D eigenvalue weighted by Crippen LogP contribution is -2.21. The number of hydrogen-bond acceptors (Lipinski definition) is 4. The minimum Gasteiger partial charge on any atom is -0.351 e. The Morgan fingerprint density at radius 1 is 1.30 bits per heavy atom. The number of anilines is 1. The molecule has 0 bridgehead atoms. The molecule has 2 aromatic heterocycles. The van der Waals surface area contributed by atoms with Gasteiger partial charge in [0, 0.05) is 11.8 Å². The summed E-state index contributed by atoms with van der Waals surface area (Å²) in [5.74, 6) is 0.159. The van der Waals surface area contributed by atoms with Crippen LogP contribution in [0.25, 0.3) is 22.3 Å². The number of nitrogens with two attached hydrogens (primary N) is 1. The smallest absolute Gasteiger partial charge is 0.319 e. The van der Waals surface area contributed by atoms with Crippen LogP contribution in [0, 0.1) is 0 Å². The molecule has 3 aromatic rings. The number of rotatable bonds is 6. The predicted molar refractivity (Wildman–Crippen MR) is 107 cm³/mol. The van der Waals surface area contributed by atoms with Crippen LogP contribution in [0.2, 0.25) is 0 Å². The van der Waals surface area contributed by atoms with E-state index < -0.39 is 6.03 Å². The largest absolute Gasteiger partial charge is 0.351 e. The molecule has 0 unspecified atom stereocenters. The van der Waals surface area contributed by atoms with E-state index in [2.05, 4.69) is 28.3 Å². The first kappa shape index (κ1) is 18.3. The van der Waals surface area contributed by atoms with Crippen LogP contribution in [0.15, 0.2) is 60.3 Å². The number of benzene rings is 1. The van der Waals surface area contributed by atoms with Crippen LogP contribution in [-0.4, -0.2) is 25.8 Å². The molecule has 0 fully saturated rings. The van der Waals surface area contributed by atoms with Gasteiger partial charge in [0.15, 0.2) is 5.65 Å². The van der Waals surface area contributed by atoms with Crippen LogP contribution in [0.4, 0.5) is 10.7 Å². The Kier molecular flexibility index (Phi) is 5.61. The second-order valence-corrected chi connectivity index (χ2v) is 6.00. The van der Waals surface area contributed by atoms with Crippen molar-refractivity contribution in [1.82, 2.24) is 19.7 Å². The second kappa shape index (κ2) is 8.27. The maximum Gasteiger partial charge on any atom is 0.319 e. The molecule has 27 heavy (non-hydrogen) atoms. The maximum absolute atomic E-state index is 11.2. The highest BCUT2D eigenvalue weighted by Crippen LogP contribution is 2.27. The number of carbonyl (C=O) groups is 1. The summed E-state index contributed by atoms with van der Waals surface area (Å²) < 4.78 is 1.84. The van der Waals surface area contributed by atoms with E-state index >= 15 is 0 Å². The van der Waals surface area contributed by atoms with Crippen molar-refractivity contribution in [3.8, 4) is 11.3 Å². The molecule has 0 radical (unpaired) electrons. The average Bonchev–Trinajstić information content (AvgIpc) is 3.03. The third-order valence-corrected chi connectivity index (χ3v) is 4.10. The molecular weight excluding hydrogens is 340 g/mol. The first-order valence-corrected chi connectivity index (χ1v) is 8.78. The van der Waals surface area contributed by atoms with Crippen LogP contribution in [0.3, 0.4) is 0 Å². The molecule has 0 saturated carbocycles. The second-order valence-electron chi connectivity index (χ2n) is 6.00. The summed E-state index contributed by atoms with van der Waals surface area (Å²) in [4.78, 5) is 19.8. The van der Waals surface area contributed by atoms with E-state index in [4.69, 9.17) is 10.8 Å². The molecule has 0 aliphatic rings. The third kappa shape index (κ3) is 4.20. The Labute approximate surface area is 157 Å². The highest BCUT2D eigenvalue weighted by molar-refractivity contribution is 5.92. The summed E-state index contributed by atoms with van der Waals surface area (Å²) in [6.07, 6.45) is 8.64. The molecule has 0 atom stereocenters. The van der Waals surface area contributed by atoms with Gasteiger partial charge in [0.05, 0.1) is 11.9 Å². The number of carbonyl (C=O) groups excluding carboxylic acids is 1. The Balaban J connectivity index is 2.13. The van der Waals surface area contributed by atoms with Crippen molar-refractivity contribution in [2.24, 2.45) is 5.73 Å². The number of urea groups is 1. The molecule has 7 nitrogen and oxygen atoms in total. The zero-order chi connectivity index (χ0) is 19.2. The summed E-state index contributed by atoms with van der Waals surface area (Å²) >= 11 is 0. The quantitative estimate of drug-likeness (QED) is 0.650. The first-order chi connectivity index (χ1) is 13.1. The number of nitrogens with zero attached hydrogens (tertiary/aromatic N) is 4. The van der Waals surface area contributed by atoms with Gasteiger partial charge in [-0.25, -0.2) is 14.5 Å². The van der Waals surface area contributed by atoms with E-state index in [1.165, 1.54) is 5.57 Å². The van der Waals surface area contributed by atoms with E-state index in [9.17, 15) is 4.79 Å². The molecule has 0 aliphatic carbocycles. The van der Waals surface area contributed by atoms with Gasteiger partial charge in [0.25, 0.3) is 0 Å². The van der Waals surface area contributed by atoms with E-state index in [-0.39, 0.29) is 5.95 Å². The number of aromatic nitrogens is 4. The molecule has 2 amide bonds. The number of amides is 2. The summed E-state index contributed by atoms with van der Waals surface area (Å²) in [6.45, 7) is 4.68. The maximum atomic E-state index is 11.2. The molecule has 1 aromatic carbocycles. The summed E-state index contributed by atoms with van der Waals surface area (Å²) in [7, 11) is 0. The lowest BCUT2D eigenvalue weighted by Gasteiger charge is -2.06. The minimum absolute atomic E-state index is 0.159. The molecule has 2 heterocycles. The Hall–Kier alpha value is -3.48. The van der Waals surface area contributed by atoms with Gasteiger partial charge in [-0.05, 0) is 18.9 Å². The predicted octanol–water partition coefficient (Wildman–Crippen LogP) is 3.90. The summed E-state index contributed by atoms with van der Waals surface area (Å²) in [6, 6.07) is 9.19. The molecule has 0 aliphatic heterocycles. The fraction of sp³-hybridized carbons (Fsp3) is 0.200. The number of fused-ring (bicyclic) bond motifs is 1. The van der Waals surface area contributed by atoms with Crippen molar-refractivity contribution in [2.75, 3.05) is 5.32 Å². The van der Waals surface area contributed by atoms with Crippen molar-refractivity contribution in [3.05, 3.63) is 60.3 Å². The highest BCUT2D eigenvalue weighted by atomic mass is 16.2. The Morgan fingerprint density at radius 3 is 2.74 bits per heavy atom. The number of primary amides is 1. The van der Waals surface area contributed by atoms with Gasteiger partial charge < -0.3 is 5.73 Å². The molecule has 3 N–H and O–H groups in total. The molecule has 0 saturated heterocycles. The Bertz CT molecular complexity index is 1000. The minimum atomic E-state index is -0.703. The lowest BCUT2D eigenvalue weighted by molar-refractivity contribution is 0.259. The third-order valence-electron chi connectivity index (χ3n) is 4.10. The summed E-state index contributed by atoms with van der Waals surface area (Å²) in [5.41, 5.74) is 8.83. The molecule has 138 valence electrons. The molecule has 3 rings (SSSR count). The Morgan fingerprint density at radius 2 is 2.07 bits per heavy atom. The van der Waals surface area contributed by atoms with Crippen LogP contribution >= 0.6 is 0 Å². The van der Waals surface area contributed by atoms with Gasteiger partial charge in [-0.15, -0.1) is 0 Å². The number of nitrogens with one attached hydrogen (secondary N) is 1. The van der Waals surface area contributed by atoms with Crippen molar-refractivity contribution in [1.29, 1.82) is 0 Å². The van der Waals surface area contributed by atoms with E-state index in [1.807, 2.05) is 54.1 Å². The summed E-state index contributed by atoms with van der Waals surface area (Å²) in [5, 5.41) is 8.02. The van der Waals surface area contributed by atoms with Crippen molar-refractivity contribution in [2.45, 2.75) is 26.8 Å². The van der Waals surface area contributed by atoms with E-state index in [1.54, 1.807) is 6.20 Å². The van der Waals surface area contributed by atoms with Crippen LogP contribution in [0.5, 0.6) is 0 Å². The fourth-order valence-electron chi connectivity index (χ4n) is 2.76. The highest BCUT2D eigenvalue weighted by Gasteiger charge is 2.16. The fourth-order valence-corrected chi connectivity index (χ4v) is 2.76. The monoisotopic (exact) mass is 362 g/mol. The molecular formula is C20H22N6O. The van der Waals surface area contributed by atoms with Gasteiger partial charge in [-0.1, -0.05) is 55.5 Å². The van der Waals surface area contributed by atoms with Crippen molar-refractivity contribution in [3.63, 3.8) is 0 Å². The zero-order valence-corrected chi connectivity index (χ0v) is 15.4. The van der Waals surface area contributed by atoms with Gasteiger partial charge in [-0.2, -0.15) is 10.1 Å². The van der Waals surface area contributed by atoms with E-state index in [0.717, 1.165) is 23.1 Å². The van der Waals surface area contributed by atoms with Crippen LogP contribution in [-0.2, 0) is 6.54 Å². The average molecular weight is 362 g/mol. The molecule has 7 heteroatoms. The van der Waals surface area contributed by atoms with Gasteiger partial charge in [0.1, 0.15) is 5.69 Å². The standard InChI is InChI=1S/C20H22N6O/c1-3-5-9-14(4-2)13-26-18-16(12-22-20(23-18)24-19(21)27)17(25-26)15-10-7-6-8-11-15/h3,5-12H,4,13H2,1-2H3,(H3,21,22,23,24,27)/b5-3-,14-9+. The van der Waals surface area contributed by atoms with Crippen molar-refractivity contribution < 1.29 is 4.79 Å². The normalized spacial score (nSPS) is 12.0. The number of hydrogen-bond donors (Lipinski definition) is 2. The lowest BCUT2D eigenvalue weighted by atomic mass is 10.1. The van der Waals surface area contributed by atoms with E-state index in [0.29, 0.717) is 12.2 Å². The van der Waals surface area contributed by atoms with Gasteiger partial charge >= 0.3 is 6.03 Å². The first-order valence-electron chi connectivity index (χ1n) is 8.78. The molecule has 0 spiro atoms. The van der Waals surface area contributed by atoms with Crippen LogP contribution in [0.1, 0.15) is 20.3 Å². The van der Waals surface area contributed by atoms with Crippen molar-refractivity contribution >= 4 is 23.0 Å². The zero-order valence-electron chi connectivity index (χ0n) is 15.4. The topological polar surface area (TPSA) is 98.7 Å².